The molecule has 2 fully saturated rings. The van der Waals surface area contributed by atoms with Crippen LogP contribution in [0.2, 0.25) is 0 Å². The number of fused-ring (bicyclic) bond motifs is 2. The maximum absolute atomic E-state index is 11.5. The van der Waals surface area contributed by atoms with Crippen molar-refractivity contribution >= 4 is 5.91 Å². The van der Waals surface area contributed by atoms with Crippen molar-refractivity contribution in [2.24, 2.45) is 22.7 Å². The lowest BCUT2D eigenvalue weighted by Crippen LogP contribution is -2.52. The first-order chi connectivity index (χ1) is 8.77. The predicted octanol–water partition coefficient (Wildman–Crippen LogP) is 2.56. The van der Waals surface area contributed by atoms with Gasteiger partial charge >= 0.3 is 0 Å². The van der Waals surface area contributed by atoms with Gasteiger partial charge in [0.1, 0.15) is 0 Å². The Bertz CT molecular complexity index is 346. The van der Waals surface area contributed by atoms with Crippen LogP contribution in [0.15, 0.2) is 0 Å². The summed E-state index contributed by atoms with van der Waals surface area (Å²) < 4.78 is 0. The van der Waals surface area contributed by atoms with Crippen molar-refractivity contribution in [2.75, 3.05) is 13.1 Å². The highest BCUT2D eigenvalue weighted by molar-refractivity contribution is 5.77. The van der Waals surface area contributed by atoms with Crippen LogP contribution in [0.3, 0.4) is 0 Å². The summed E-state index contributed by atoms with van der Waals surface area (Å²) in [7, 11) is 0. The van der Waals surface area contributed by atoms with Crippen molar-refractivity contribution in [1.82, 2.24) is 10.6 Å². The van der Waals surface area contributed by atoms with Gasteiger partial charge < -0.3 is 10.6 Å². The van der Waals surface area contributed by atoms with E-state index in [1.54, 1.807) is 0 Å². The van der Waals surface area contributed by atoms with Crippen molar-refractivity contribution in [3.8, 4) is 0 Å². The Morgan fingerprint density at radius 3 is 2.47 bits per heavy atom. The largest absolute Gasteiger partial charge is 0.355 e. The summed E-state index contributed by atoms with van der Waals surface area (Å²) in [6.07, 6.45) is 4.12. The number of hydrogen-bond donors (Lipinski definition) is 2. The number of hydrogen-bond acceptors (Lipinski definition) is 2. The molecule has 0 spiro atoms. The average molecular weight is 266 g/mol. The smallest absolute Gasteiger partial charge is 0.222 e. The third-order valence-electron chi connectivity index (χ3n) is 5.57. The zero-order valence-corrected chi connectivity index (χ0v) is 13.2. The monoisotopic (exact) mass is 266 g/mol. The molecule has 3 nitrogen and oxygen atoms in total. The molecule has 2 bridgehead atoms. The number of carbonyl (C=O) groups is 1. The molecular weight excluding hydrogens is 236 g/mol. The summed E-state index contributed by atoms with van der Waals surface area (Å²) >= 11 is 0. The molecule has 19 heavy (non-hydrogen) atoms. The number of amides is 1. The molecule has 0 aromatic carbocycles. The van der Waals surface area contributed by atoms with Crippen molar-refractivity contribution < 1.29 is 4.79 Å². The lowest BCUT2D eigenvalue weighted by atomic mass is 9.68. The number of carbonyl (C=O) groups excluding carboxylic acids is 1. The fourth-order valence-electron chi connectivity index (χ4n) is 4.42. The molecule has 0 saturated heterocycles. The lowest BCUT2D eigenvalue weighted by Gasteiger charge is -2.43. The summed E-state index contributed by atoms with van der Waals surface area (Å²) in [6.45, 7) is 12.7. The second kappa shape index (κ2) is 5.08. The van der Waals surface area contributed by atoms with Crippen molar-refractivity contribution in [3.63, 3.8) is 0 Å². The van der Waals surface area contributed by atoms with Crippen LogP contribution in [-0.2, 0) is 4.79 Å². The lowest BCUT2D eigenvalue weighted by molar-refractivity contribution is -0.123. The van der Waals surface area contributed by atoms with Gasteiger partial charge in [-0.1, -0.05) is 34.6 Å². The molecule has 3 atom stereocenters. The zero-order chi connectivity index (χ0) is 14.3. The van der Waals surface area contributed by atoms with E-state index in [-0.39, 0.29) is 11.8 Å². The van der Waals surface area contributed by atoms with E-state index in [0.717, 1.165) is 19.0 Å². The Hall–Kier alpha value is -0.570. The maximum atomic E-state index is 11.5. The van der Waals surface area contributed by atoms with E-state index >= 15 is 0 Å². The van der Waals surface area contributed by atoms with E-state index in [1.165, 1.54) is 19.3 Å². The zero-order valence-electron chi connectivity index (χ0n) is 13.2. The molecule has 1 unspecified atom stereocenters. The fraction of sp³-hybridized carbons (Fsp3) is 0.938. The van der Waals surface area contributed by atoms with E-state index in [9.17, 15) is 4.79 Å². The van der Waals surface area contributed by atoms with Gasteiger partial charge in [0.15, 0.2) is 0 Å². The van der Waals surface area contributed by atoms with Crippen LogP contribution in [0, 0.1) is 22.7 Å². The highest BCUT2D eigenvalue weighted by atomic mass is 16.1. The third kappa shape index (κ3) is 2.67. The van der Waals surface area contributed by atoms with Crippen LogP contribution in [0.5, 0.6) is 0 Å². The second-order valence-electron chi connectivity index (χ2n) is 7.75. The standard InChI is InChI=1S/C16H30N2O/c1-11(2)13(19)17-8-9-18-14-15(3,4)12-6-7-16(14,5)10-12/h11-12,14,18H,6-10H2,1-5H3,(H,17,19)/t12-,14?,16+/m0/s1. The fourth-order valence-corrected chi connectivity index (χ4v) is 4.42. The van der Waals surface area contributed by atoms with Gasteiger partial charge in [-0.15, -0.1) is 0 Å². The highest BCUT2D eigenvalue weighted by Crippen LogP contribution is 2.62. The van der Waals surface area contributed by atoms with Gasteiger partial charge in [0.25, 0.3) is 0 Å². The Kier molecular flexibility index (Phi) is 3.97. The van der Waals surface area contributed by atoms with Crippen molar-refractivity contribution in [1.29, 1.82) is 0 Å². The quantitative estimate of drug-likeness (QED) is 0.751. The van der Waals surface area contributed by atoms with Gasteiger partial charge in [-0.25, -0.2) is 0 Å². The molecule has 0 heterocycles. The van der Waals surface area contributed by atoms with Gasteiger partial charge in [0.05, 0.1) is 0 Å². The average Bonchev–Trinajstić information content (AvgIpc) is 2.78. The molecule has 0 aromatic rings. The van der Waals surface area contributed by atoms with E-state index in [4.69, 9.17) is 0 Å². The molecule has 2 saturated carbocycles. The van der Waals surface area contributed by atoms with Crippen LogP contribution in [0.4, 0.5) is 0 Å². The summed E-state index contributed by atoms with van der Waals surface area (Å²) in [5, 5.41) is 6.71. The first-order valence-electron chi connectivity index (χ1n) is 7.78. The van der Waals surface area contributed by atoms with Crippen LogP contribution in [0.25, 0.3) is 0 Å². The molecule has 3 heteroatoms. The highest BCUT2D eigenvalue weighted by Gasteiger charge is 2.58. The minimum Gasteiger partial charge on any atom is -0.355 e. The van der Waals surface area contributed by atoms with Crippen LogP contribution >= 0.6 is 0 Å². The van der Waals surface area contributed by atoms with E-state index < -0.39 is 0 Å². The molecule has 2 rings (SSSR count). The molecule has 2 N–H and O–H groups in total. The molecule has 2 aliphatic rings. The van der Waals surface area contributed by atoms with Crippen molar-refractivity contribution in [2.45, 2.75) is 59.9 Å². The summed E-state index contributed by atoms with van der Waals surface area (Å²) in [5.74, 6) is 1.11. The topological polar surface area (TPSA) is 41.1 Å². The Morgan fingerprint density at radius 2 is 1.95 bits per heavy atom. The van der Waals surface area contributed by atoms with E-state index in [2.05, 4.69) is 31.4 Å². The third-order valence-corrected chi connectivity index (χ3v) is 5.57. The maximum Gasteiger partial charge on any atom is 0.222 e. The van der Waals surface area contributed by atoms with Gasteiger partial charge in [-0.05, 0) is 36.0 Å². The van der Waals surface area contributed by atoms with Gasteiger partial charge in [0, 0.05) is 25.0 Å². The van der Waals surface area contributed by atoms with Crippen LogP contribution < -0.4 is 10.6 Å². The molecule has 0 aromatic heterocycles. The minimum atomic E-state index is 0.0800. The molecule has 1 amide bonds. The number of nitrogens with one attached hydrogen (secondary N) is 2. The molecule has 0 radical (unpaired) electrons. The SMILES string of the molecule is CC(C)C(=O)NCCNC1C(C)(C)[C@H]2CC[C@]1(C)C2. The summed E-state index contributed by atoms with van der Waals surface area (Å²) in [6, 6.07) is 0.592. The first-order valence-corrected chi connectivity index (χ1v) is 7.78. The Morgan fingerprint density at radius 1 is 1.26 bits per heavy atom. The number of rotatable bonds is 5. The summed E-state index contributed by atoms with van der Waals surface area (Å²) in [4.78, 5) is 11.5. The minimum absolute atomic E-state index is 0.0800. The predicted molar refractivity (Wildman–Crippen MR) is 78.9 cm³/mol. The summed E-state index contributed by atoms with van der Waals surface area (Å²) in [5.41, 5.74) is 0.866. The Balaban J connectivity index is 1.81. The van der Waals surface area contributed by atoms with Gasteiger partial charge in [-0.3, -0.25) is 4.79 Å². The van der Waals surface area contributed by atoms with E-state index in [1.807, 2.05) is 13.8 Å². The van der Waals surface area contributed by atoms with Crippen LogP contribution in [-0.4, -0.2) is 25.0 Å². The second-order valence-corrected chi connectivity index (χ2v) is 7.75. The van der Waals surface area contributed by atoms with Gasteiger partial charge in [0.2, 0.25) is 5.91 Å². The molecule has 110 valence electrons. The van der Waals surface area contributed by atoms with E-state index in [0.29, 0.717) is 16.9 Å². The Labute approximate surface area is 117 Å². The normalized spacial score (nSPS) is 35.9. The molecule has 0 aliphatic heterocycles. The first kappa shape index (κ1) is 14.8. The van der Waals surface area contributed by atoms with Gasteiger partial charge in [-0.2, -0.15) is 0 Å². The van der Waals surface area contributed by atoms with Crippen LogP contribution in [0.1, 0.15) is 53.9 Å². The van der Waals surface area contributed by atoms with Crippen molar-refractivity contribution in [3.05, 3.63) is 0 Å². The molecular formula is C16H30N2O. The molecule has 2 aliphatic carbocycles.